The lowest BCUT2D eigenvalue weighted by molar-refractivity contribution is -0.137. The molecule has 4 amide bonds. The predicted molar refractivity (Wildman–Crippen MR) is 239 cm³/mol. The van der Waals surface area contributed by atoms with E-state index in [1.165, 1.54) is 14.2 Å². The van der Waals surface area contributed by atoms with E-state index in [-0.39, 0.29) is 35.7 Å². The van der Waals surface area contributed by atoms with Gasteiger partial charge in [0.2, 0.25) is 11.8 Å². The lowest BCUT2D eigenvalue weighted by Gasteiger charge is -2.34. The van der Waals surface area contributed by atoms with E-state index in [9.17, 15) is 19.2 Å². The van der Waals surface area contributed by atoms with Gasteiger partial charge in [0.05, 0.1) is 49.2 Å². The number of amides is 4. The smallest absolute Gasteiger partial charge is 0.407 e. The fraction of sp³-hybridized carbons (Fsp3) is 0.417. The maximum absolute atomic E-state index is 14.0. The van der Waals surface area contributed by atoms with Gasteiger partial charge in [-0.2, -0.15) is 0 Å². The molecule has 1 unspecified atom stereocenters. The van der Waals surface area contributed by atoms with Crippen LogP contribution in [0.1, 0.15) is 76.1 Å². The first-order valence-electron chi connectivity index (χ1n) is 22.0. The highest BCUT2D eigenvalue weighted by Crippen LogP contribution is 2.37. The van der Waals surface area contributed by atoms with E-state index in [1.807, 2.05) is 35.9 Å². The van der Waals surface area contributed by atoms with Crippen LogP contribution in [0.2, 0.25) is 0 Å². The molecule has 0 radical (unpaired) electrons. The zero-order valence-electron chi connectivity index (χ0n) is 36.1. The SMILES string of the molecule is COC(=O)NC(C(=O)N1CCC[C@H]1c1ncc(-c2ccc3cc(-c4ccc5c(ccc6[nH]c([C@@H]7CCCN7C(=O)[C@@H](NC(=O)OC)C(C)C)nc65)c4)ccc3c2)[nH]1)C1CCOCC1. The molecule has 6 aromatic rings. The summed E-state index contributed by atoms with van der Waals surface area (Å²) in [7, 11) is 2.61. The summed E-state index contributed by atoms with van der Waals surface area (Å²) in [6.07, 6.45) is 5.23. The number of nitrogens with zero attached hydrogens (tertiary/aromatic N) is 4. The second-order valence-electron chi connectivity index (χ2n) is 17.3. The van der Waals surface area contributed by atoms with E-state index in [0.717, 1.165) is 92.3 Å². The quantitative estimate of drug-likeness (QED) is 0.107. The number of carbonyl (C=O) groups is 4. The van der Waals surface area contributed by atoms with Crippen molar-refractivity contribution in [3.63, 3.8) is 0 Å². The molecule has 0 bridgehead atoms. The van der Waals surface area contributed by atoms with Crippen LogP contribution in [0.3, 0.4) is 0 Å². The van der Waals surface area contributed by atoms with Crippen LogP contribution in [0.4, 0.5) is 9.59 Å². The van der Waals surface area contributed by atoms with Crippen molar-refractivity contribution in [1.29, 1.82) is 0 Å². The van der Waals surface area contributed by atoms with E-state index in [1.54, 1.807) is 0 Å². The van der Waals surface area contributed by atoms with Gasteiger partial charge in [0.1, 0.15) is 23.7 Å². The number of fused-ring (bicyclic) bond motifs is 4. The summed E-state index contributed by atoms with van der Waals surface area (Å²) in [6, 6.07) is 21.6. The van der Waals surface area contributed by atoms with Gasteiger partial charge < -0.3 is 44.6 Å². The fourth-order valence-electron chi connectivity index (χ4n) is 9.71. The molecular weight excluding hydrogens is 801 g/mol. The third-order valence-electron chi connectivity index (χ3n) is 13.1. The first kappa shape index (κ1) is 41.9. The molecular formula is C48H54N8O7. The maximum atomic E-state index is 14.0. The molecule has 15 heteroatoms. The third-order valence-corrected chi connectivity index (χ3v) is 13.1. The minimum Gasteiger partial charge on any atom is -0.453 e. The largest absolute Gasteiger partial charge is 0.453 e. The summed E-state index contributed by atoms with van der Waals surface area (Å²) in [5, 5.41) is 9.82. The number of aromatic amines is 2. The highest BCUT2D eigenvalue weighted by molar-refractivity contribution is 6.06. The Kier molecular flexibility index (Phi) is 11.8. The van der Waals surface area contributed by atoms with Crippen molar-refractivity contribution >= 4 is 56.6 Å². The molecule has 3 aliphatic heterocycles. The Morgan fingerprint density at radius 2 is 1.32 bits per heavy atom. The number of methoxy groups -OCH3 is 2. The number of hydrogen-bond acceptors (Lipinski definition) is 9. The molecule has 0 aliphatic carbocycles. The van der Waals surface area contributed by atoms with Crippen molar-refractivity contribution in [1.82, 2.24) is 40.4 Å². The Labute approximate surface area is 365 Å². The summed E-state index contributed by atoms with van der Waals surface area (Å²) in [5.41, 5.74) is 5.81. The van der Waals surface area contributed by atoms with Gasteiger partial charge in [0.25, 0.3) is 0 Å². The lowest BCUT2D eigenvalue weighted by atomic mass is 9.90. The van der Waals surface area contributed by atoms with Crippen LogP contribution >= 0.6 is 0 Å². The lowest BCUT2D eigenvalue weighted by Crippen LogP contribution is -2.53. The Bertz CT molecular complexity index is 2690. The highest BCUT2D eigenvalue weighted by atomic mass is 16.5. The molecule has 63 heavy (non-hydrogen) atoms. The number of imidazole rings is 2. The third kappa shape index (κ3) is 8.29. The van der Waals surface area contributed by atoms with Crippen molar-refractivity contribution in [2.75, 3.05) is 40.5 Å². The van der Waals surface area contributed by atoms with Crippen LogP contribution in [0.15, 0.2) is 72.9 Å². The van der Waals surface area contributed by atoms with Crippen LogP contribution in [-0.2, 0) is 23.8 Å². The number of aromatic nitrogens is 4. The Balaban J connectivity index is 0.916. The van der Waals surface area contributed by atoms with E-state index >= 15 is 0 Å². The fourth-order valence-corrected chi connectivity index (χ4v) is 9.71. The van der Waals surface area contributed by atoms with Crippen LogP contribution in [0.25, 0.3) is 55.0 Å². The minimum atomic E-state index is -0.696. The van der Waals surface area contributed by atoms with Gasteiger partial charge in [-0.3, -0.25) is 9.59 Å². The van der Waals surface area contributed by atoms with Crippen LogP contribution < -0.4 is 10.6 Å². The Hall–Kier alpha value is -6.48. The molecule has 4 N–H and O–H groups in total. The van der Waals surface area contributed by atoms with E-state index in [0.29, 0.717) is 39.1 Å². The standard InChI is InChI=1S/C48H54N8O7/c1-27(2)40(53-47(59)61-3)45(57)56-20-6-8-39(56)44-50-36-16-14-33-24-32(13-15-35(33)42(36)52-44)29-9-10-31-25-34(12-11-30(31)23-29)37-26-49-43(51-37)38-7-5-19-55(38)46(58)41(54-48(60)62-4)28-17-21-63-22-18-28/h9-16,23-28,38-41H,5-8,17-22H2,1-4H3,(H,49,51)(H,50,52)(H,53,59)(H,54,60)/t38-,39-,40-,41?/m0/s1. The molecule has 328 valence electrons. The number of hydrogen-bond donors (Lipinski definition) is 4. The van der Waals surface area contributed by atoms with Gasteiger partial charge in [0, 0.05) is 37.3 Å². The summed E-state index contributed by atoms with van der Waals surface area (Å²) in [6.45, 7) is 6.12. The average molecular weight is 855 g/mol. The zero-order valence-corrected chi connectivity index (χ0v) is 36.1. The zero-order chi connectivity index (χ0) is 43.8. The van der Waals surface area contributed by atoms with E-state index < -0.39 is 24.3 Å². The molecule has 4 atom stereocenters. The minimum absolute atomic E-state index is 0.0295. The number of nitrogens with one attached hydrogen (secondary N) is 4. The topological polar surface area (TPSA) is 184 Å². The van der Waals surface area contributed by atoms with Gasteiger partial charge in [-0.05, 0) is 102 Å². The molecule has 9 rings (SSSR count). The number of benzene rings is 4. The summed E-state index contributed by atoms with van der Waals surface area (Å²) >= 11 is 0. The average Bonchev–Trinajstić information content (AvgIpc) is 4.16. The molecule has 3 fully saturated rings. The monoisotopic (exact) mass is 854 g/mol. The highest BCUT2D eigenvalue weighted by Gasteiger charge is 2.41. The second kappa shape index (κ2) is 17.7. The predicted octanol–water partition coefficient (Wildman–Crippen LogP) is 7.79. The van der Waals surface area contributed by atoms with Crippen LogP contribution in [-0.4, -0.2) is 106 Å². The second-order valence-corrected chi connectivity index (χ2v) is 17.3. The summed E-state index contributed by atoms with van der Waals surface area (Å²) in [5.74, 6) is 1.09. The van der Waals surface area contributed by atoms with Crippen LogP contribution in [0, 0.1) is 11.8 Å². The number of rotatable bonds is 10. The molecule has 0 saturated carbocycles. The van der Waals surface area contributed by atoms with Crippen molar-refractivity contribution in [3.05, 3.63) is 84.6 Å². The number of alkyl carbamates (subject to hydrolysis) is 2. The van der Waals surface area contributed by atoms with E-state index in [2.05, 4.69) is 81.3 Å². The van der Waals surface area contributed by atoms with Crippen molar-refractivity contribution in [3.8, 4) is 22.4 Å². The van der Waals surface area contributed by atoms with Gasteiger partial charge in [0.15, 0.2) is 0 Å². The van der Waals surface area contributed by atoms with Gasteiger partial charge in [-0.25, -0.2) is 19.6 Å². The molecule has 2 aromatic heterocycles. The Morgan fingerprint density at radius 1 is 0.714 bits per heavy atom. The molecule has 5 heterocycles. The molecule has 15 nitrogen and oxygen atoms in total. The van der Waals surface area contributed by atoms with Gasteiger partial charge in [-0.1, -0.05) is 56.3 Å². The number of H-pyrrole nitrogens is 2. The van der Waals surface area contributed by atoms with Gasteiger partial charge in [-0.15, -0.1) is 0 Å². The van der Waals surface area contributed by atoms with Crippen molar-refractivity contribution in [2.24, 2.45) is 11.8 Å². The molecule has 0 spiro atoms. The van der Waals surface area contributed by atoms with E-state index in [4.69, 9.17) is 24.2 Å². The number of likely N-dealkylation sites (tertiary alicyclic amines) is 2. The Morgan fingerprint density at radius 3 is 2.02 bits per heavy atom. The van der Waals surface area contributed by atoms with Crippen molar-refractivity contribution in [2.45, 2.75) is 76.5 Å². The molecule has 3 saturated heterocycles. The molecule has 4 aromatic carbocycles. The van der Waals surface area contributed by atoms with Crippen molar-refractivity contribution < 1.29 is 33.4 Å². The maximum Gasteiger partial charge on any atom is 0.407 e. The molecule has 3 aliphatic rings. The normalized spacial score (nSPS) is 19.2. The van der Waals surface area contributed by atoms with Crippen LogP contribution in [0.5, 0.6) is 0 Å². The summed E-state index contributed by atoms with van der Waals surface area (Å²) in [4.78, 5) is 72.7. The first-order chi connectivity index (χ1) is 30.6. The number of ether oxygens (including phenoxy) is 3. The summed E-state index contributed by atoms with van der Waals surface area (Å²) < 4.78 is 15.2. The first-order valence-corrected chi connectivity index (χ1v) is 22.0. The number of carbonyl (C=O) groups excluding carboxylic acids is 4. The van der Waals surface area contributed by atoms with Gasteiger partial charge >= 0.3 is 12.2 Å².